The Bertz CT molecular complexity index is 941. The van der Waals surface area contributed by atoms with Crippen molar-refractivity contribution in [2.45, 2.75) is 136 Å². The van der Waals surface area contributed by atoms with Crippen LogP contribution in [-0.4, -0.2) is 69.8 Å². The van der Waals surface area contributed by atoms with Gasteiger partial charge < -0.3 is 29.2 Å². The van der Waals surface area contributed by atoms with Crippen LogP contribution in [0.1, 0.15) is 93.9 Å². The van der Waals surface area contributed by atoms with Crippen LogP contribution in [0.15, 0.2) is 11.6 Å². The summed E-state index contributed by atoms with van der Waals surface area (Å²) in [7, 11) is 0. The van der Waals surface area contributed by atoms with E-state index < -0.39 is 77.4 Å². The highest BCUT2D eigenvalue weighted by molar-refractivity contribution is 5.70. The summed E-state index contributed by atoms with van der Waals surface area (Å²) in [6.45, 7) is 14.3. The Morgan fingerprint density at radius 2 is 1.72 bits per heavy atom. The Hall–Kier alpha value is -1.97. The van der Waals surface area contributed by atoms with Crippen LogP contribution >= 0.6 is 0 Å². The molecule has 0 radical (unpaired) electrons. The molecular weight excluding hydrogens is 504 g/mol. The van der Waals surface area contributed by atoms with E-state index in [1.54, 1.807) is 13.8 Å². The first-order valence-corrected chi connectivity index (χ1v) is 14.5. The van der Waals surface area contributed by atoms with Crippen LogP contribution in [0.3, 0.4) is 0 Å². The lowest BCUT2D eigenvalue weighted by Crippen LogP contribution is -2.68. The third kappa shape index (κ3) is 6.20. The first-order valence-electron chi connectivity index (χ1n) is 14.5. The van der Waals surface area contributed by atoms with Crippen molar-refractivity contribution in [2.75, 3.05) is 0 Å². The molecule has 1 aliphatic carbocycles. The van der Waals surface area contributed by atoms with Gasteiger partial charge in [-0.3, -0.25) is 14.4 Å². The largest absolute Gasteiger partial charge is 0.458 e. The number of carbonyl (C=O) groups is 3. The molecule has 10 atom stereocenters. The topological polar surface area (TPSA) is 129 Å². The van der Waals surface area contributed by atoms with Gasteiger partial charge in [0.25, 0.3) is 0 Å². The number of rotatable bonds is 8. The summed E-state index contributed by atoms with van der Waals surface area (Å²) in [6, 6.07) is 0. The van der Waals surface area contributed by atoms with Gasteiger partial charge in [0.15, 0.2) is 11.7 Å². The molecule has 1 saturated heterocycles. The van der Waals surface area contributed by atoms with Crippen molar-refractivity contribution in [1.29, 1.82) is 0 Å². The Morgan fingerprint density at radius 3 is 2.28 bits per heavy atom. The van der Waals surface area contributed by atoms with Crippen LogP contribution in [-0.2, 0) is 33.3 Å². The lowest BCUT2D eigenvalue weighted by atomic mass is 9.55. The van der Waals surface area contributed by atoms with Crippen molar-refractivity contribution in [3.8, 4) is 0 Å². The SMILES string of the molecule is CCCC(=O)O[C@@H]1[C@@H](C(C)C)[C@H]2[C@H]([C@@H]3C/C(C)=C/C[C@H](O)[C@](C)(OC(=O)CCC)[C@H]2O3)[C@@](C)(O)[C@H]1OC(C)=O. The van der Waals surface area contributed by atoms with Crippen molar-refractivity contribution in [3.63, 3.8) is 0 Å². The van der Waals surface area contributed by atoms with Gasteiger partial charge in [-0.05, 0) is 52.4 Å². The number of hydrogen-bond donors (Lipinski definition) is 2. The molecule has 1 saturated carbocycles. The minimum absolute atomic E-state index is 0.0942. The van der Waals surface area contributed by atoms with Crippen LogP contribution < -0.4 is 0 Å². The zero-order chi connectivity index (χ0) is 29.3. The molecule has 0 unspecified atom stereocenters. The average molecular weight is 553 g/mol. The summed E-state index contributed by atoms with van der Waals surface area (Å²) in [5, 5.41) is 23.7. The van der Waals surface area contributed by atoms with E-state index in [1.165, 1.54) is 6.92 Å². The lowest BCUT2D eigenvalue weighted by molar-refractivity contribution is -0.243. The maximum atomic E-state index is 12.9. The van der Waals surface area contributed by atoms with Gasteiger partial charge in [0.05, 0.1) is 12.2 Å². The minimum atomic E-state index is -1.64. The fourth-order valence-electron chi connectivity index (χ4n) is 7.15. The maximum absolute atomic E-state index is 12.9. The fraction of sp³-hybridized carbons (Fsp3) is 0.833. The van der Waals surface area contributed by atoms with Crippen molar-refractivity contribution >= 4 is 17.9 Å². The second-order valence-electron chi connectivity index (χ2n) is 12.4. The molecule has 39 heavy (non-hydrogen) atoms. The van der Waals surface area contributed by atoms with E-state index in [9.17, 15) is 24.6 Å². The molecule has 2 bridgehead atoms. The van der Waals surface area contributed by atoms with E-state index in [4.69, 9.17) is 18.9 Å². The van der Waals surface area contributed by atoms with Gasteiger partial charge in [-0.25, -0.2) is 0 Å². The predicted octanol–water partition coefficient (Wildman–Crippen LogP) is 3.87. The normalized spacial score (nSPS) is 41.4. The molecule has 9 nitrogen and oxygen atoms in total. The quantitative estimate of drug-likeness (QED) is 0.262. The van der Waals surface area contributed by atoms with Crippen LogP contribution in [0.25, 0.3) is 0 Å². The number of carbonyl (C=O) groups excluding carboxylic acids is 3. The maximum Gasteiger partial charge on any atom is 0.306 e. The molecule has 0 aromatic carbocycles. The monoisotopic (exact) mass is 552 g/mol. The second kappa shape index (κ2) is 12.3. The Labute approximate surface area is 232 Å². The van der Waals surface area contributed by atoms with Gasteiger partial charge >= 0.3 is 17.9 Å². The highest BCUT2D eigenvalue weighted by Crippen LogP contribution is 2.58. The molecule has 2 heterocycles. The van der Waals surface area contributed by atoms with Crippen molar-refractivity contribution in [3.05, 3.63) is 11.6 Å². The Kier molecular flexibility index (Phi) is 9.93. The summed E-state index contributed by atoms with van der Waals surface area (Å²) in [6.07, 6.45) is -0.228. The minimum Gasteiger partial charge on any atom is -0.458 e. The predicted molar refractivity (Wildman–Crippen MR) is 143 cm³/mol. The third-order valence-corrected chi connectivity index (χ3v) is 8.87. The zero-order valence-corrected chi connectivity index (χ0v) is 24.8. The van der Waals surface area contributed by atoms with Gasteiger partial charge in [0.1, 0.15) is 17.8 Å². The molecule has 0 aromatic rings. The van der Waals surface area contributed by atoms with Gasteiger partial charge in [-0.2, -0.15) is 0 Å². The second-order valence-corrected chi connectivity index (χ2v) is 12.4. The number of hydrogen-bond acceptors (Lipinski definition) is 9. The molecule has 0 aromatic heterocycles. The van der Waals surface area contributed by atoms with E-state index in [2.05, 4.69) is 0 Å². The Morgan fingerprint density at radius 1 is 1.10 bits per heavy atom. The number of esters is 3. The highest BCUT2D eigenvalue weighted by atomic mass is 16.6. The van der Waals surface area contributed by atoms with Crippen molar-refractivity contribution in [2.24, 2.45) is 23.7 Å². The van der Waals surface area contributed by atoms with E-state index >= 15 is 0 Å². The fourth-order valence-corrected chi connectivity index (χ4v) is 7.15. The molecular formula is C30H48O9. The standard InChI is InChI=1S/C30H48O9/c1-9-11-21(33)38-26-23(16(3)4)24-25(29(7,35)28(26)36-18(6)31)19-15-17(5)13-14-20(32)30(8,27(24)37-19)39-22(34)12-10-2/h13,16,19-20,23-28,32,35H,9-12,14-15H2,1-8H3/b17-13+/t19-,20-,23-,24-,25-,26+,27-,28-,29+,30-/m0/s1. The first-order chi connectivity index (χ1) is 18.2. The average Bonchev–Trinajstić information content (AvgIpc) is 3.20. The number of fused-ring (bicyclic) bond motifs is 5. The van der Waals surface area contributed by atoms with Gasteiger partial charge in [0, 0.05) is 37.5 Å². The van der Waals surface area contributed by atoms with Gasteiger partial charge in [0.2, 0.25) is 0 Å². The smallest absolute Gasteiger partial charge is 0.306 e. The van der Waals surface area contributed by atoms with E-state index in [0.29, 0.717) is 19.3 Å². The van der Waals surface area contributed by atoms with E-state index in [-0.39, 0.29) is 25.2 Å². The van der Waals surface area contributed by atoms with Gasteiger partial charge in [-0.1, -0.05) is 39.3 Å². The van der Waals surface area contributed by atoms with Crippen LogP contribution in [0, 0.1) is 23.7 Å². The Balaban J connectivity index is 2.23. The summed E-state index contributed by atoms with van der Waals surface area (Å²) >= 11 is 0. The van der Waals surface area contributed by atoms with Crippen LogP contribution in [0.5, 0.6) is 0 Å². The lowest BCUT2D eigenvalue weighted by Gasteiger charge is -2.55. The molecule has 2 N–H and O–H groups in total. The molecule has 3 rings (SSSR count). The number of aliphatic hydroxyl groups is 2. The van der Waals surface area contributed by atoms with Crippen molar-refractivity contribution < 1.29 is 43.5 Å². The van der Waals surface area contributed by atoms with E-state index in [0.717, 1.165) is 5.57 Å². The zero-order valence-electron chi connectivity index (χ0n) is 24.8. The summed E-state index contributed by atoms with van der Waals surface area (Å²) in [5.74, 6) is -3.01. The third-order valence-electron chi connectivity index (χ3n) is 8.87. The molecule has 222 valence electrons. The summed E-state index contributed by atoms with van der Waals surface area (Å²) in [4.78, 5) is 38.0. The number of aliphatic hydroxyl groups excluding tert-OH is 1. The molecule has 9 heteroatoms. The summed E-state index contributed by atoms with van der Waals surface area (Å²) in [5.41, 5.74) is -2.10. The van der Waals surface area contributed by atoms with E-state index in [1.807, 2.05) is 40.7 Å². The molecule has 0 spiro atoms. The molecule has 3 aliphatic rings. The first kappa shape index (κ1) is 31.6. The highest BCUT2D eigenvalue weighted by Gasteiger charge is 2.70. The van der Waals surface area contributed by atoms with Crippen LogP contribution in [0.2, 0.25) is 0 Å². The molecule has 2 fully saturated rings. The molecule has 2 aliphatic heterocycles. The van der Waals surface area contributed by atoms with Crippen LogP contribution in [0.4, 0.5) is 0 Å². The van der Waals surface area contributed by atoms with Gasteiger partial charge in [-0.15, -0.1) is 0 Å². The number of ether oxygens (including phenoxy) is 4. The summed E-state index contributed by atoms with van der Waals surface area (Å²) < 4.78 is 24.5. The molecule has 0 amide bonds. The van der Waals surface area contributed by atoms with Crippen molar-refractivity contribution in [1.82, 2.24) is 0 Å².